The fraction of sp³-hybridized carbons (Fsp3) is 0.300. The fourth-order valence-corrected chi connectivity index (χ4v) is 4.45. The van der Waals surface area contributed by atoms with Gasteiger partial charge in [-0.25, -0.2) is 4.98 Å². The highest BCUT2D eigenvalue weighted by Gasteiger charge is 2.28. The summed E-state index contributed by atoms with van der Waals surface area (Å²) in [6, 6.07) is 10.9. The first-order valence-electron chi connectivity index (χ1n) is 8.88. The van der Waals surface area contributed by atoms with Gasteiger partial charge in [0.15, 0.2) is 11.5 Å². The number of aliphatic carboxylic acids is 1. The number of thiazole rings is 1. The lowest BCUT2D eigenvalue weighted by Gasteiger charge is -2.25. The molecule has 0 amide bonds. The summed E-state index contributed by atoms with van der Waals surface area (Å²) in [7, 11) is 0. The van der Waals surface area contributed by atoms with Crippen molar-refractivity contribution in [2.45, 2.75) is 25.9 Å². The lowest BCUT2D eigenvalue weighted by atomic mass is 10.1. The average molecular weight is 384 g/mol. The topological polar surface area (TPSA) is 82.9 Å². The van der Waals surface area contributed by atoms with E-state index in [1.807, 2.05) is 42.2 Å². The number of hydrogen-bond donors (Lipinski definition) is 2. The van der Waals surface area contributed by atoms with Crippen molar-refractivity contribution in [1.29, 1.82) is 0 Å². The van der Waals surface area contributed by atoms with E-state index in [2.05, 4.69) is 4.98 Å². The van der Waals surface area contributed by atoms with E-state index < -0.39 is 12.0 Å². The second kappa shape index (κ2) is 7.17. The summed E-state index contributed by atoms with van der Waals surface area (Å²) in [6.07, 6.45) is 0.508. The number of aromatic nitrogens is 1. The molecule has 27 heavy (non-hydrogen) atoms. The van der Waals surface area contributed by atoms with Crippen molar-refractivity contribution in [3.8, 4) is 22.1 Å². The number of nitrogens with zero attached hydrogens (tertiary/aromatic N) is 2. The average Bonchev–Trinajstić information content (AvgIpc) is 2.96. The Morgan fingerprint density at radius 2 is 2.19 bits per heavy atom. The molecule has 1 atom stereocenters. The number of carboxylic acids is 1. The maximum atomic E-state index is 11.6. The van der Waals surface area contributed by atoms with E-state index in [9.17, 15) is 15.0 Å². The van der Waals surface area contributed by atoms with E-state index in [0.717, 1.165) is 26.4 Å². The first-order valence-corrected chi connectivity index (χ1v) is 9.70. The predicted octanol–water partition coefficient (Wildman–Crippen LogP) is 3.73. The molecule has 0 spiro atoms. The minimum Gasteiger partial charge on any atom is -0.504 e. The molecule has 140 valence electrons. The number of ether oxygens (including phenoxy) is 1. The van der Waals surface area contributed by atoms with Gasteiger partial charge < -0.3 is 14.9 Å². The van der Waals surface area contributed by atoms with Crippen molar-refractivity contribution in [3.05, 3.63) is 42.0 Å². The Hall–Kier alpha value is -2.64. The standard InChI is InChI=1S/C20H20N2O4S/c1-2-15(20(24)25)22-7-8-26-18-13(11-22)9-12(10-16(18)23)19-21-14-5-3-4-6-17(14)27-19/h3-6,9-10,15,23H,2,7-8,11H2,1H3,(H,24,25). The van der Waals surface area contributed by atoms with Crippen LogP contribution in [0.3, 0.4) is 0 Å². The van der Waals surface area contributed by atoms with Crippen LogP contribution in [0.1, 0.15) is 18.9 Å². The molecule has 6 nitrogen and oxygen atoms in total. The van der Waals surface area contributed by atoms with Gasteiger partial charge in [-0.3, -0.25) is 9.69 Å². The third-order valence-electron chi connectivity index (χ3n) is 4.80. The van der Waals surface area contributed by atoms with Crippen LogP contribution in [0.5, 0.6) is 11.5 Å². The zero-order valence-corrected chi connectivity index (χ0v) is 15.7. The maximum Gasteiger partial charge on any atom is 0.320 e. The molecule has 3 aromatic rings. The molecule has 1 unspecified atom stereocenters. The van der Waals surface area contributed by atoms with Crippen molar-refractivity contribution < 1.29 is 19.7 Å². The molecule has 4 rings (SSSR count). The molecule has 0 radical (unpaired) electrons. The summed E-state index contributed by atoms with van der Waals surface area (Å²) in [5.74, 6) is -0.345. The minimum absolute atomic E-state index is 0.0620. The van der Waals surface area contributed by atoms with Crippen molar-refractivity contribution in [2.75, 3.05) is 13.2 Å². The van der Waals surface area contributed by atoms with Crippen LogP contribution < -0.4 is 4.74 Å². The molecule has 0 saturated carbocycles. The normalized spacial score (nSPS) is 15.7. The Kier molecular flexibility index (Phi) is 4.72. The predicted molar refractivity (Wildman–Crippen MR) is 104 cm³/mol. The van der Waals surface area contributed by atoms with Gasteiger partial charge >= 0.3 is 5.97 Å². The summed E-state index contributed by atoms with van der Waals surface area (Å²) in [6.45, 7) is 3.10. The Balaban J connectivity index is 1.74. The largest absolute Gasteiger partial charge is 0.504 e. The molecule has 2 N–H and O–H groups in total. The van der Waals surface area contributed by atoms with E-state index in [1.54, 1.807) is 17.4 Å². The van der Waals surface area contributed by atoms with Crippen LogP contribution in [0.2, 0.25) is 0 Å². The van der Waals surface area contributed by atoms with Crippen molar-refractivity contribution >= 4 is 27.5 Å². The third-order valence-corrected chi connectivity index (χ3v) is 5.88. The number of phenols is 1. The summed E-state index contributed by atoms with van der Waals surface area (Å²) < 4.78 is 6.81. The number of fused-ring (bicyclic) bond motifs is 2. The number of aromatic hydroxyl groups is 1. The lowest BCUT2D eigenvalue weighted by molar-refractivity contribution is -0.143. The van der Waals surface area contributed by atoms with Gasteiger partial charge in [-0.15, -0.1) is 11.3 Å². The van der Waals surface area contributed by atoms with Crippen LogP contribution in [0, 0.1) is 0 Å². The molecule has 0 fully saturated rings. The molecular formula is C20H20N2O4S. The number of para-hydroxylation sites is 1. The monoisotopic (exact) mass is 384 g/mol. The van der Waals surface area contributed by atoms with E-state index in [4.69, 9.17) is 4.74 Å². The molecule has 1 aromatic heterocycles. The summed E-state index contributed by atoms with van der Waals surface area (Å²) in [5.41, 5.74) is 2.50. The van der Waals surface area contributed by atoms with Gasteiger partial charge in [-0.1, -0.05) is 19.1 Å². The van der Waals surface area contributed by atoms with Gasteiger partial charge in [-0.05, 0) is 30.7 Å². The number of carboxylic acid groups (broad SMARTS) is 1. The zero-order chi connectivity index (χ0) is 19.0. The number of carbonyl (C=O) groups is 1. The molecule has 1 aliphatic heterocycles. The fourth-order valence-electron chi connectivity index (χ4n) is 3.49. The van der Waals surface area contributed by atoms with Gasteiger partial charge in [0.25, 0.3) is 0 Å². The molecule has 0 saturated heterocycles. The second-order valence-corrected chi connectivity index (χ2v) is 7.58. The van der Waals surface area contributed by atoms with Gasteiger partial charge in [0.1, 0.15) is 17.7 Å². The van der Waals surface area contributed by atoms with Crippen molar-refractivity contribution in [2.24, 2.45) is 0 Å². The van der Waals surface area contributed by atoms with Crippen LogP contribution in [0.4, 0.5) is 0 Å². The lowest BCUT2D eigenvalue weighted by Crippen LogP contribution is -2.41. The molecule has 2 heterocycles. The van der Waals surface area contributed by atoms with Crippen LogP contribution in [0.25, 0.3) is 20.8 Å². The SMILES string of the molecule is CCC(C(=O)O)N1CCOc2c(O)cc(-c3nc4ccccc4s3)cc2C1. The molecule has 0 aliphatic carbocycles. The summed E-state index contributed by atoms with van der Waals surface area (Å²) in [5, 5.41) is 20.8. The summed E-state index contributed by atoms with van der Waals surface area (Å²) in [4.78, 5) is 18.1. The number of rotatable bonds is 4. The zero-order valence-electron chi connectivity index (χ0n) is 14.9. The van der Waals surface area contributed by atoms with Crippen LogP contribution in [0.15, 0.2) is 36.4 Å². The molecule has 0 bridgehead atoms. The van der Waals surface area contributed by atoms with Gasteiger partial charge in [0, 0.05) is 24.2 Å². The number of benzene rings is 2. The smallest absolute Gasteiger partial charge is 0.320 e. The Morgan fingerprint density at radius 3 is 2.93 bits per heavy atom. The Morgan fingerprint density at radius 1 is 1.37 bits per heavy atom. The second-order valence-electron chi connectivity index (χ2n) is 6.55. The molecule has 1 aliphatic rings. The molecular weight excluding hydrogens is 364 g/mol. The maximum absolute atomic E-state index is 11.6. The van der Waals surface area contributed by atoms with Gasteiger partial charge in [-0.2, -0.15) is 0 Å². The van der Waals surface area contributed by atoms with E-state index in [-0.39, 0.29) is 5.75 Å². The third kappa shape index (κ3) is 3.36. The van der Waals surface area contributed by atoms with Crippen LogP contribution in [-0.4, -0.2) is 45.3 Å². The Bertz CT molecular complexity index is 968. The van der Waals surface area contributed by atoms with Crippen LogP contribution >= 0.6 is 11.3 Å². The van der Waals surface area contributed by atoms with E-state index in [0.29, 0.717) is 31.9 Å². The highest BCUT2D eigenvalue weighted by molar-refractivity contribution is 7.21. The van der Waals surface area contributed by atoms with Crippen LogP contribution in [-0.2, 0) is 11.3 Å². The summed E-state index contributed by atoms with van der Waals surface area (Å²) >= 11 is 1.56. The first kappa shape index (κ1) is 17.8. The highest BCUT2D eigenvalue weighted by Crippen LogP contribution is 2.39. The van der Waals surface area contributed by atoms with E-state index >= 15 is 0 Å². The molecule has 7 heteroatoms. The molecule has 2 aromatic carbocycles. The van der Waals surface area contributed by atoms with Gasteiger partial charge in [0.2, 0.25) is 0 Å². The van der Waals surface area contributed by atoms with Crippen molar-refractivity contribution in [1.82, 2.24) is 9.88 Å². The van der Waals surface area contributed by atoms with Crippen molar-refractivity contribution in [3.63, 3.8) is 0 Å². The minimum atomic E-state index is -0.840. The van der Waals surface area contributed by atoms with Gasteiger partial charge in [0.05, 0.1) is 10.2 Å². The quantitative estimate of drug-likeness (QED) is 0.713. The first-order chi connectivity index (χ1) is 13.1. The number of phenolic OH excluding ortho intramolecular Hbond substituents is 1. The Labute approximate surface area is 160 Å². The number of hydrogen-bond acceptors (Lipinski definition) is 6. The highest BCUT2D eigenvalue weighted by atomic mass is 32.1. The van der Waals surface area contributed by atoms with E-state index in [1.165, 1.54) is 0 Å².